The molecule has 2 heterocycles. The van der Waals surface area contributed by atoms with Gasteiger partial charge in [0.25, 0.3) is 0 Å². The van der Waals surface area contributed by atoms with Crippen LogP contribution in [0, 0.1) is 5.92 Å². The van der Waals surface area contributed by atoms with E-state index in [2.05, 4.69) is 25.2 Å². The topological polar surface area (TPSA) is 84.4 Å². The molecule has 7 nitrogen and oxygen atoms in total. The number of anilines is 1. The van der Waals surface area contributed by atoms with E-state index in [1.165, 1.54) is 30.2 Å². The summed E-state index contributed by atoms with van der Waals surface area (Å²) >= 11 is 15.0. The smallest absolute Gasteiger partial charge is 0.316 e. The standard InChI is InChI=1S/C18H20Cl2N4O3S2/c1-27-15(25)10-28-18-23-22-17(29-18)21-16(26)11-5-7-24(8-6-11)9-12-13(19)3-2-4-14(12)20/h2-4,11H,5-10H2,1H3,(H,21,22,26). The van der Waals surface area contributed by atoms with Crippen molar-refractivity contribution in [3.05, 3.63) is 33.8 Å². The van der Waals surface area contributed by atoms with Gasteiger partial charge >= 0.3 is 5.97 Å². The second kappa shape index (κ2) is 10.6. The zero-order valence-electron chi connectivity index (χ0n) is 15.7. The van der Waals surface area contributed by atoms with Crippen molar-refractivity contribution in [3.8, 4) is 0 Å². The van der Waals surface area contributed by atoms with Gasteiger partial charge in [-0.15, -0.1) is 10.2 Å². The molecule has 1 fully saturated rings. The first-order valence-electron chi connectivity index (χ1n) is 8.95. The molecule has 29 heavy (non-hydrogen) atoms. The number of esters is 1. The molecule has 1 aromatic heterocycles. The molecule has 0 unspecified atom stereocenters. The van der Waals surface area contributed by atoms with Crippen molar-refractivity contribution in [2.24, 2.45) is 5.92 Å². The molecule has 1 aliphatic heterocycles. The Morgan fingerprint density at radius 2 is 1.97 bits per heavy atom. The van der Waals surface area contributed by atoms with E-state index in [9.17, 15) is 9.59 Å². The van der Waals surface area contributed by atoms with E-state index in [0.29, 0.717) is 26.1 Å². The van der Waals surface area contributed by atoms with Crippen LogP contribution in [0.4, 0.5) is 5.13 Å². The van der Waals surface area contributed by atoms with E-state index in [4.69, 9.17) is 23.2 Å². The van der Waals surface area contributed by atoms with E-state index in [0.717, 1.165) is 31.5 Å². The third-order valence-electron chi connectivity index (χ3n) is 4.58. The van der Waals surface area contributed by atoms with Gasteiger partial charge in [0.05, 0.1) is 12.9 Å². The molecule has 1 aromatic carbocycles. The number of hydrogen-bond acceptors (Lipinski definition) is 8. The van der Waals surface area contributed by atoms with Crippen LogP contribution in [0.5, 0.6) is 0 Å². The molecule has 1 amide bonds. The fourth-order valence-electron chi connectivity index (χ4n) is 2.97. The normalized spacial score (nSPS) is 15.3. The molecule has 1 aliphatic rings. The number of nitrogens with zero attached hydrogens (tertiary/aromatic N) is 3. The van der Waals surface area contributed by atoms with Crippen LogP contribution in [0.1, 0.15) is 18.4 Å². The second-order valence-electron chi connectivity index (χ2n) is 6.48. The average molecular weight is 475 g/mol. The zero-order chi connectivity index (χ0) is 20.8. The summed E-state index contributed by atoms with van der Waals surface area (Å²) < 4.78 is 5.20. The lowest BCUT2D eigenvalue weighted by Gasteiger charge is -2.31. The SMILES string of the molecule is COC(=O)CSc1nnc(NC(=O)C2CCN(Cc3c(Cl)cccc3Cl)CC2)s1. The summed E-state index contributed by atoms with van der Waals surface area (Å²) in [7, 11) is 1.34. The Bertz CT molecular complexity index is 852. The lowest BCUT2D eigenvalue weighted by Crippen LogP contribution is -2.37. The monoisotopic (exact) mass is 474 g/mol. The minimum absolute atomic E-state index is 0.0545. The van der Waals surface area contributed by atoms with E-state index < -0.39 is 0 Å². The highest BCUT2D eigenvalue weighted by Crippen LogP contribution is 2.29. The average Bonchev–Trinajstić information content (AvgIpc) is 3.16. The number of piperidine rings is 1. The number of rotatable bonds is 7. The third kappa shape index (κ3) is 6.29. The van der Waals surface area contributed by atoms with Crippen LogP contribution in [0.15, 0.2) is 22.5 Å². The van der Waals surface area contributed by atoms with Gasteiger partial charge in [0, 0.05) is 28.1 Å². The van der Waals surface area contributed by atoms with Crippen LogP contribution >= 0.6 is 46.3 Å². The van der Waals surface area contributed by atoms with E-state index in [1.54, 1.807) is 0 Å². The van der Waals surface area contributed by atoms with E-state index in [1.807, 2.05) is 18.2 Å². The Kier molecular flexibility index (Phi) is 8.14. The summed E-state index contributed by atoms with van der Waals surface area (Å²) in [6, 6.07) is 5.50. The molecule has 0 atom stereocenters. The third-order valence-corrected chi connectivity index (χ3v) is 7.23. The highest BCUT2D eigenvalue weighted by Gasteiger charge is 2.26. The summed E-state index contributed by atoms with van der Waals surface area (Å²) in [6.07, 6.45) is 1.49. The summed E-state index contributed by atoms with van der Waals surface area (Å²) in [4.78, 5) is 26.0. The minimum Gasteiger partial charge on any atom is -0.468 e. The Morgan fingerprint density at radius 1 is 1.28 bits per heavy atom. The predicted molar refractivity (Wildman–Crippen MR) is 116 cm³/mol. The second-order valence-corrected chi connectivity index (χ2v) is 9.49. The van der Waals surface area contributed by atoms with E-state index >= 15 is 0 Å². The molecule has 0 saturated carbocycles. The Labute approximate surface area is 187 Å². The first-order chi connectivity index (χ1) is 14.0. The Balaban J connectivity index is 1.47. The highest BCUT2D eigenvalue weighted by molar-refractivity contribution is 8.01. The number of likely N-dealkylation sites (tertiary alicyclic amines) is 1. The minimum atomic E-state index is -0.333. The number of ether oxygens (including phenoxy) is 1. The van der Waals surface area contributed by atoms with Crippen molar-refractivity contribution in [1.29, 1.82) is 0 Å². The maximum absolute atomic E-state index is 12.5. The first kappa shape index (κ1) is 22.3. The Hall–Kier alpha value is -1.39. The molecule has 0 spiro atoms. The van der Waals surface area contributed by atoms with Gasteiger partial charge in [-0.2, -0.15) is 0 Å². The quantitative estimate of drug-likeness (QED) is 0.369. The number of benzene rings is 1. The van der Waals surface area contributed by atoms with Crippen LogP contribution in [-0.2, 0) is 20.9 Å². The lowest BCUT2D eigenvalue weighted by atomic mass is 9.95. The van der Waals surface area contributed by atoms with Crippen LogP contribution in [0.2, 0.25) is 10.0 Å². The number of carbonyl (C=O) groups excluding carboxylic acids is 2. The fraction of sp³-hybridized carbons (Fsp3) is 0.444. The predicted octanol–water partition coefficient (Wildman–Crippen LogP) is 3.96. The van der Waals surface area contributed by atoms with Crippen molar-refractivity contribution in [3.63, 3.8) is 0 Å². The van der Waals surface area contributed by atoms with Crippen molar-refractivity contribution in [1.82, 2.24) is 15.1 Å². The van der Waals surface area contributed by atoms with Crippen LogP contribution in [-0.4, -0.2) is 52.9 Å². The number of aromatic nitrogens is 2. The number of methoxy groups -OCH3 is 1. The summed E-state index contributed by atoms with van der Waals surface area (Å²) in [5.41, 5.74) is 0.921. The molecule has 0 aliphatic carbocycles. The van der Waals surface area contributed by atoms with Crippen LogP contribution in [0.25, 0.3) is 0 Å². The molecule has 0 bridgehead atoms. The number of nitrogens with one attached hydrogen (secondary N) is 1. The molecule has 3 rings (SSSR count). The molecule has 156 valence electrons. The van der Waals surface area contributed by atoms with Gasteiger partial charge in [-0.25, -0.2) is 0 Å². The fourth-order valence-corrected chi connectivity index (χ4v) is 5.07. The molecule has 0 radical (unpaired) electrons. The highest BCUT2D eigenvalue weighted by atomic mass is 35.5. The molecule has 1 saturated heterocycles. The lowest BCUT2D eigenvalue weighted by molar-refractivity contribution is -0.137. The van der Waals surface area contributed by atoms with Gasteiger partial charge in [0.2, 0.25) is 11.0 Å². The summed E-state index contributed by atoms with van der Waals surface area (Å²) in [6.45, 7) is 2.25. The van der Waals surface area contributed by atoms with Crippen molar-refractivity contribution >= 4 is 63.3 Å². The van der Waals surface area contributed by atoms with Gasteiger partial charge < -0.3 is 10.1 Å². The molecule has 1 N–H and O–H groups in total. The largest absolute Gasteiger partial charge is 0.468 e. The zero-order valence-corrected chi connectivity index (χ0v) is 18.8. The van der Waals surface area contributed by atoms with Crippen molar-refractivity contribution < 1.29 is 14.3 Å². The van der Waals surface area contributed by atoms with Gasteiger partial charge in [-0.05, 0) is 38.1 Å². The van der Waals surface area contributed by atoms with Gasteiger partial charge in [-0.3, -0.25) is 14.5 Å². The van der Waals surface area contributed by atoms with Crippen molar-refractivity contribution in [2.45, 2.75) is 23.7 Å². The molecular weight excluding hydrogens is 455 g/mol. The van der Waals surface area contributed by atoms with Crippen LogP contribution in [0.3, 0.4) is 0 Å². The maximum atomic E-state index is 12.5. The number of thioether (sulfide) groups is 1. The summed E-state index contributed by atoms with van der Waals surface area (Å²) in [5.74, 6) is -0.308. The summed E-state index contributed by atoms with van der Waals surface area (Å²) in [5, 5.41) is 12.5. The number of amides is 1. The molecular formula is C18H20Cl2N4O3S2. The first-order valence-corrected chi connectivity index (χ1v) is 11.5. The van der Waals surface area contributed by atoms with Gasteiger partial charge in [0.1, 0.15) is 0 Å². The van der Waals surface area contributed by atoms with Gasteiger partial charge in [0.15, 0.2) is 4.34 Å². The number of halogens is 2. The van der Waals surface area contributed by atoms with Crippen LogP contribution < -0.4 is 5.32 Å². The Morgan fingerprint density at radius 3 is 2.62 bits per heavy atom. The van der Waals surface area contributed by atoms with Gasteiger partial charge in [-0.1, -0.05) is 52.4 Å². The number of hydrogen-bond donors (Lipinski definition) is 1. The number of carbonyl (C=O) groups is 2. The van der Waals surface area contributed by atoms with Crippen molar-refractivity contribution in [2.75, 3.05) is 31.3 Å². The molecule has 2 aromatic rings. The van der Waals surface area contributed by atoms with E-state index in [-0.39, 0.29) is 23.5 Å². The maximum Gasteiger partial charge on any atom is 0.316 e. The molecule has 11 heteroatoms.